The Labute approximate surface area is 76.4 Å². The average molecular weight is 189 g/mol. The van der Waals surface area contributed by atoms with Crippen LogP contribution in [0.4, 0.5) is 4.79 Å². The van der Waals surface area contributed by atoms with Gasteiger partial charge in [-0.05, 0) is 25.7 Å². The quantitative estimate of drug-likeness (QED) is 0.578. The molecule has 5 heteroatoms. The summed E-state index contributed by atoms with van der Waals surface area (Å²) in [4.78, 5) is 10.9. The minimum absolute atomic E-state index is 0.0827. The van der Waals surface area contributed by atoms with Crippen molar-refractivity contribution in [3.05, 3.63) is 0 Å². The van der Waals surface area contributed by atoms with Crippen LogP contribution in [0.1, 0.15) is 25.7 Å². The van der Waals surface area contributed by atoms with Crippen LogP contribution >= 0.6 is 12.2 Å². The number of thiocarbonyl (C=S) groups is 1. The second-order valence-electron chi connectivity index (χ2n) is 2.86. The van der Waals surface area contributed by atoms with Gasteiger partial charge in [-0.1, -0.05) is 0 Å². The van der Waals surface area contributed by atoms with Crippen molar-refractivity contribution in [2.75, 3.05) is 0 Å². The number of alkyl carbamates (subject to hydrolysis) is 1. The molecule has 68 valence electrons. The van der Waals surface area contributed by atoms with Crippen LogP contribution in [0.5, 0.6) is 0 Å². The molecule has 4 nitrogen and oxygen atoms in total. The zero-order valence-corrected chi connectivity index (χ0v) is 7.65. The van der Waals surface area contributed by atoms with Gasteiger partial charge in [0, 0.05) is 12.2 Å². The van der Waals surface area contributed by atoms with Crippen molar-refractivity contribution in [1.29, 1.82) is 0 Å². The average Bonchev–Trinajstić information content (AvgIpc) is 2.37. The highest BCUT2D eigenvalue weighted by Crippen LogP contribution is 2.20. The smallest absolute Gasteiger partial charge is 0.416 e. The van der Waals surface area contributed by atoms with Gasteiger partial charge in [0.15, 0.2) is 0 Å². The van der Waals surface area contributed by atoms with E-state index in [4.69, 9.17) is 4.74 Å². The standard InChI is InChI=1S/C7H12N2O2S/c8-6(12)9-7(10)11-5-3-1-2-4-5/h5H,1-4H2,(H3,8,9,10,12)/p+1. The third-order valence-electron chi connectivity index (χ3n) is 1.82. The number of nitrogens with one attached hydrogen (secondary N) is 1. The van der Waals surface area contributed by atoms with Crippen molar-refractivity contribution < 1.29 is 15.3 Å². The molecular formula is C7H13N2O2S+. The van der Waals surface area contributed by atoms with Crippen molar-refractivity contribution in [1.82, 2.24) is 5.32 Å². The molecule has 12 heavy (non-hydrogen) atoms. The lowest BCUT2D eigenvalue weighted by molar-refractivity contribution is -0.214. The van der Waals surface area contributed by atoms with Crippen LogP contribution in [0.25, 0.3) is 0 Å². The number of hydrogen-bond acceptors (Lipinski definition) is 3. The molecule has 1 saturated carbocycles. The molecule has 0 radical (unpaired) electrons. The molecule has 0 heterocycles. The Hall–Kier alpha value is -0.680. The fourth-order valence-corrected chi connectivity index (χ4v) is 1.38. The Balaban J connectivity index is 2.20. The molecular weight excluding hydrogens is 176 g/mol. The van der Waals surface area contributed by atoms with Crippen LogP contribution in [0.2, 0.25) is 0 Å². The Morgan fingerprint density at radius 2 is 2.08 bits per heavy atom. The zero-order valence-electron chi connectivity index (χ0n) is 6.84. The lowest BCUT2D eigenvalue weighted by Crippen LogP contribution is -2.64. The van der Waals surface area contributed by atoms with E-state index in [1.54, 1.807) is 0 Å². The van der Waals surface area contributed by atoms with Crippen LogP contribution in [0, 0.1) is 0 Å². The van der Waals surface area contributed by atoms with Gasteiger partial charge < -0.3 is 10.5 Å². The molecule has 1 rings (SSSR count). The monoisotopic (exact) mass is 189 g/mol. The molecule has 0 aromatic carbocycles. The topological polar surface area (TPSA) is 66.0 Å². The van der Waals surface area contributed by atoms with E-state index in [1.165, 1.54) is 0 Å². The summed E-state index contributed by atoms with van der Waals surface area (Å²) in [7, 11) is 0. The number of hydrogen-bond donors (Lipinski definition) is 2. The third kappa shape index (κ3) is 3.15. The number of rotatable bonds is 1. The van der Waals surface area contributed by atoms with Crippen LogP contribution < -0.4 is 11.1 Å². The molecule has 1 fully saturated rings. The molecule has 4 N–H and O–H groups in total. The lowest BCUT2D eigenvalue weighted by atomic mass is 10.3. The van der Waals surface area contributed by atoms with Crippen LogP contribution in [-0.2, 0) is 4.74 Å². The maximum Gasteiger partial charge on any atom is 0.416 e. The van der Waals surface area contributed by atoms with Crippen LogP contribution in [-0.4, -0.2) is 17.3 Å². The highest BCUT2D eigenvalue weighted by molar-refractivity contribution is 7.79. The first-order chi connectivity index (χ1) is 5.68. The van der Waals surface area contributed by atoms with Gasteiger partial charge in [-0.25, -0.2) is 10.1 Å². The summed E-state index contributed by atoms with van der Waals surface area (Å²) in [6, 6.07) is 0. The Bertz CT molecular complexity index is 190. The first kappa shape index (κ1) is 9.41. The second-order valence-corrected chi connectivity index (χ2v) is 3.35. The number of ether oxygens (including phenoxy) is 1. The van der Waals surface area contributed by atoms with Gasteiger partial charge in [0.25, 0.3) is 5.11 Å². The molecule has 0 aromatic rings. The number of carbonyl (C=O) groups is 1. The van der Waals surface area contributed by atoms with Crippen LogP contribution in [0.3, 0.4) is 0 Å². The van der Waals surface area contributed by atoms with E-state index >= 15 is 0 Å². The van der Waals surface area contributed by atoms with Gasteiger partial charge in [-0.3, -0.25) is 0 Å². The van der Waals surface area contributed by atoms with Gasteiger partial charge in [-0.15, -0.1) is 0 Å². The van der Waals surface area contributed by atoms with Crippen molar-refractivity contribution >= 4 is 23.4 Å². The first-order valence-electron chi connectivity index (χ1n) is 4.02. The fraction of sp³-hybridized carbons (Fsp3) is 0.714. The predicted molar refractivity (Wildman–Crippen MR) is 47.4 cm³/mol. The van der Waals surface area contributed by atoms with Crippen molar-refractivity contribution in [2.24, 2.45) is 0 Å². The zero-order chi connectivity index (χ0) is 8.97. The number of carbonyl (C=O) groups excluding carboxylic acids is 1. The minimum atomic E-state index is -0.470. The van der Waals surface area contributed by atoms with E-state index in [2.05, 4.69) is 23.3 Å². The molecule has 1 aliphatic carbocycles. The van der Waals surface area contributed by atoms with Crippen molar-refractivity contribution in [3.63, 3.8) is 0 Å². The van der Waals surface area contributed by atoms with E-state index in [-0.39, 0.29) is 11.2 Å². The summed E-state index contributed by atoms with van der Waals surface area (Å²) in [5.74, 6) is 0. The molecule has 0 atom stereocenters. The van der Waals surface area contributed by atoms with Crippen LogP contribution in [0.15, 0.2) is 0 Å². The molecule has 0 unspecified atom stereocenters. The van der Waals surface area contributed by atoms with Crippen molar-refractivity contribution in [2.45, 2.75) is 31.8 Å². The SMILES string of the molecule is [NH3+]C(=S)NC(=O)OC1CCCC1. The maximum atomic E-state index is 10.9. The molecule has 1 amide bonds. The molecule has 1 aliphatic rings. The Kier molecular flexibility index (Phi) is 3.43. The van der Waals surface area contributed by atoms with Gasteiger partial charge in [0.2, 0.25) is 0 Å². The Morgan fingerprint density at radius 3 is 2.58 bits per heavy atom. The minimum Gasteiger partial charge on any atom is -0.446 e. The summed E-state index contributed by atoms with van der Waals surface area (Å²) < 4.78 is 5.04. The van der Waals surface area contributed by atoms with E-state index in [0.29, 0.717) is 0 Å². The van der Waals surface area contributed by atoms with E-state index in [9.17, 15) is 4.79 Å². The van der Waals surface area contributed by atoms with E-state index < -0.39 is 6.09 Å². The summed E-state index contributed by atoms with van der Waals surface area (Å²) in [5.41, 5.74) is 3.37. The number of quaternary nitrogens is 1. The van der Waals surface area contributed by atoms with Crippen molar-refractivity contribution in [3.8, 4) is 0 Å². The molecule has 0 aliphatic heterocycles. The predicted octanol–water partition coefficient (Wildman–Crippen LogP) is 0.182. The maximum absolute atomic E-state index is 10.9. The third-order valence-corrected chi connectivity index (χ3v) is 1.92. The Morgan fingerprint density at radius 1 is 1.50 bits per heavy atom. The highest BCUT2D eigenvalue weighted by atomic mass is 32.1. The summed E-state index contributed by atoms with van der Waals surface area (Å²) in [5, 5.41) is 2.54. The van der Waals surface area contributed by atoms with Gasteiger partial charge in [-0.2, -0.15) is 0 Å². The summed E-state index contributed by atoms with van der Waals surface area (Å²) in [6.45, 7) is 0. The molecule has 0 bridgehead atoms. The largest absolute Gasteiger partial charge is 0.446 e. The fourth-order valence-electron chi connectivity index (χ4n) is 1.30. The normalized spacial score (nSPS) is 17.4. The van der Waals surface area contributed by atoms with E-state index in [1.807, 2.05) is 0 Å². The van der Waals surface area contributed by atoms with Gasteiger partial charge >= 0.3 is 6.09 Å². The molecule has 0 aromatic heterocycles. The van der Waals surface area contributed by atoms with Gasteiger partial charge in [0.05, 0.1) is 0 Å². The highest BCUT2D eigenvalue weighted by Gasteiger charge is 2.19. The summed E-state index contributed by atoms with van der Waals surface area (Å²) >= 11 is 4.59. The second kappa shape index (κ2) is 4.37. The first-order valence-corrected chi connectivity index (χ1v) is 4.43. The summed E-state index contributed by atoms with van der Waals surface area (Å²) in [6.07, 6.45) is 3.84. The molecule has 0 spiro atoms. The van der Waals surface area contributed by atoms with E-state index in [0.717, 1.165) is 25.7 Å². The molecule has 0 saturated heterocycles. The van der Waals surface area contributed by atoms with Gasteiger partial charge in [0.1, 0.15) is 6.10 Å². The number of amides is 1. The lowest BCUT2D eigenvalue weighted by Gasteiger charge is -2.09.